The van der Waals surface area contributed by atoms with E-state index in [2.05, 4.69) is 0 Å². The Morgan fingerprint density at radius 1 is 1.00 bits per heavy atom. The molecule has 1 heterocycles. The summed E-state index contributed by atoms with van der Waals surface area (Å²) in [5, 5.41) is 0.629. The van der Waals surface area contributed by atoms with Gasteiger partial charge in [0.05, 0.1) is 5.02 Å². The van der Waals surface area contributed by atoms with E-state index in [1.54, 1.807) is 6.07 Å². The van der Waals surface area contributed by atoms with Crippen LogP contribution in [-0.4, -0.2) is 6.79 Å². The number of rotatable bonds is 1. The second-order valence-electron chi connectivity index (χ2n) is 3.81. The Bertz CT molecular complexity index is 584. The van der Waals surface area contributed by atoms with Crippen LogP contribution >= 0.6 is 11.6 Å². The van der Waals surface area contributed by atoms with E-state index < -0.39 is 0 Å². The van der Waals surface area contributed by atoms with Gasteiger partial charge in [-0.2, -0.15) is 0 Å². The highest BCUT2D eigenvalue weighted by molar-refractivity contribution is 6.33. The molecule has 3 nitrogen and oxygen atoms in total. The molecule has 0 saturated heterocycles. The number of hydrogen-bond donors (Lipinski definition) is 1. The predicted molar refractivity (Wildman–Crippen MR) is 67.4 cm³/mol. The first-order chi connectivity index (χ1) is 8.24. The van der Waals surface area contributed by atoms with E-state index >= 15 is 0 Å². The molecule has 3 rings (SSSR count). The molecule has 0 fully saturated rings. The van der Waals surface area contributed by atoms with Crippen molar-refractivity contribution >= 4 is 17.3 Å². The lowest BCUT2D eigenvalue weighted by Gasteiger charge is -2.06. The second-order valence-corrected chi connectivity index (χ2v) is 4.21. The van der Waals surface area contributed by atoms with Crippen LogP contribution in [0.3, 0.4) is 0 Å². The summed E-state index contributed by atoms with van der Waals surface area (Å²) in [7, 11) is 0. The maximum absolute atomic E-state index is 6.16. The molecule has 0 saturated carbocycles. The van der Waals surface area contributed by atoms with E-state index in [4.69, 9.17) is 26.8 Å². The smallest absolute Gasteiger partial charge is 0.231 e. The van der Waals surface area contributed by atoms with Gasteiger partial charge in [-0.05, 0) is 29.8 Å². The molecule has 17 heavy (non-hydrogen) atoms. The van der Waals surface area contributed by atoms with Gasteiger partial charge in [-0.1, -0.05) is 23.7 Å². The standard InChI is InChI=1S/C13H10ClNO2/c14-11-6-9(15)2-3-10(11)8-1-4-12-13(5-8)17-7-16-12/h1-6H,7,15H2. The molecule has 0 amide bonds. The van der Waals surface area contributed by atoms with Gasteiger partial charge in [0, 0.05) is 11.3 Å². The Balaban J connectivity index is 2.09. The molecule has 0 aliphatic carbocycles. The van der Waals surface area contributed by atoms with Gasteiger partial charge in [-0.15, -0.1) is 0 Å². The number of halogens is 1. The first-order valence-corrected chi connectivity index (χ1v) is 5.57. The van der Waals surface area contributed by atoms with E-state index in [0.29, 0.717) is 10.7 Å². The number of nitrogens with two attached hydrogens (primary N) is 1. The zero-order valence-electron chi connectivity index (χ0n) is 8.94. The lowest BCUT2D eigenvalue weighted by molar-refractivity contribution is 0.174. The molecule has 2 aromatic rings. The number of anilines is 1. The van der Waals surface area contributed by atoms with E-state index in [1.165, 1.54) is 0 Å². The van der Waals surface area contributed by atoms with Crippen molar-refractivity contribution in [2.45, 2.75) is 0 Å². The molecule has 1 aliphatic heterocycles. The van der Waals surface area contributed by atoms with Crippen molar-refractivity contribution in [3.8, 4) is 22.6 Å². The summed E-state index contributed by atoms with van der Waals surface area (Å²) in [6.45, 7) is 0.272. The molecule has 0 atom stereocenters. The fourth-order valence-electron chi connectivity index (χ4n) is 1.83. The summed E-state index contributed by atoms with van der Waals surface area (Å²) in [6, 6.07) is 11.2. The summed E-state index contributed by atoms with van der Waals surface area (Å²) < 4.78 is 10.6. The van der Waals surface area contributed by atoms with Crippen molar-refractivity contribution in [3.63, 3.8) is 0 Å². The summed E-state index contributed by atoms with van der Waals surface area (Å²) in [6.07, 6.45) is 0. The molecule has 0 unspecified atom stereocenters. The molecule has 0 radical (unpaired) electrons. The Hall–Kier alpha value is -1.87. The van der Waals surface area contributed by atoms with Gasteiger partial charge in [0.1, 0.15) is 0 Å². The fourth-order valence-corrected chi connectivity index (χ4v) is 2.13. The molecule has 0 spiro atoms. The average Bonchev–Trinajstić information content (AvgIpc) is 2.75. The summed E-state index contributed by atoms with van der Waals surface area (Å²) in [4.78, 5) is 0. The van der Waals surface area contributed by atoms with Gasteiger partial charge in [0.15, 0.2) is 11.5 Å². The molecule has 4 heteroatoms. The number of fused-ring (bicyclic) bond motifs is 1. The third kappa shape index (κ3) is 1.78. The minimum absolute atomic E-state index is 0.272. The van der Waals surface area contributed by atoms with Crippen molar-refractivity contribution in [2.24, 2.45) is 0 Å². The summed E-state index contributed by atoms with van der Waals surface area (Å²) in [5.41, 5.74) is 8.23. The van der Waals surface area contributed by atoms with Crippen molar-refractivity contribution in [2.75, 3.05) is 12.5 Å². The van der Waals surface area contributed by atoms with Crippen molar-refractivity contribution in [1.82, 2.24) is 0 Å². The minimum Gasteiger partial charge on any atom is -0.454 e. The highest BCUT2D eigenvalue weighted by Gasteiger charge is 2.14. The van der Waals surface area contributed by atoms with Crippen LogP contribution in [0.5, 0.6) is 11.5 Å². The van der Waals surface area contributed by atoms with Gasteiger partial charge in [0.25, 0.3) is 0 Å². The van der Waals surface area contributed by atoms with Crippen LogP contribution in [0, 0.1) is 0 Å². The van der Waals surface area contributed by atoms with Crippen LogP contribution in [0.25, 0.3) is 11.1 Å². The molecule has 0 bridgehead atoms. The summed E-state index contributed by atoms with van der Waals surface area (Å²) >= 11 is 6.16. The molecule has 0 aromatic heterocycles. The number of benzene rings is 2. The quantitative estimate of drug-likeness (QED) is 0.787. The maximum Gasteiger partial charge on any atom is 0.231 e. The van der Waals surface area contributed by atoms with Crippen LogP contribution < -0.4 is 15.2 Å². The lowest BCUT2D eigenvalue weighted by Crippen LogP contribution is -1.92. The Labute approximate surface area is 104 Å². The Morgan fingerprint density at radius 3 is 2.65 bits per heavy atom. The topological polar surface area (TPSA) is 44.5 Å². The van der Waals surface area contributed by atoms with Gasteiger partial charge in [0.2, 0.25) is 6.79 Å². The normalized spacial score (nSPS) is 12.8. The third-order valence-electron chi connectivity index (χ3n) is 2.68. The summed E-state index contributed by atoms with van der Waals surface area (Å²) in [5.74, 6) is 1.51. The van der Waals surface area contributed by atoms with Crippen LogP contribution in [0.4, 0.5) is 5.69 Å². The number of ether oxygens (including phenoxy) is 2. The molecular formula is C13H10ClNO2. The van der Waals surface area contributed by atoms with Crippen molar-refractivity contribution in [1.29, 1.82) is 0 Å². The Morgan fingerprint density at radius 2 is 1.82 bits per heavy atom. The van der Waals surface area contributed by atoms with Gasteiger partial charge in [-0.3, -0.25) is 0 Å². The highest BCUT2D eigenvalue weighted by Crippen LogP contribution is 2.38. The molecule has 1 aliphatic rings. The zero-order chi connectivity index (χ0) is 11.8. The SMILES string of the molecule is Nc1ccc(-c2ccc3c(c2)OCO3)c(Cl)c1. The number of hydrogen-bond acceptors (Lipinski definition) is 3. The van der Waals surface area contributed by atoms with E-state index in [9.17, 15) is 0 Å². The van der Waals surface area contributed by atoms with E-state index in [1.807, 2.05) is 30.3 Å². The fraction of sp³-hybridized carbons (Fsp3) is 0.0769. The van der Waals surface area contributed by atoms with Crippen molar-refractivity contribution in [3.05, 3.63) is 41.4 Å². The zero-order valence-corrected chi connectivity index (χ0v) is 9.70. The maximum atomic E-state index is 6.16. The second kappa shape index (κ2) is 3.86. The third-order valence-corrected chi connectivity index (χ3v) is 2.99. The molecule has 2 aromatic carbocycles. The van der Waals surface area contributed by atoms with Crippen LogP contribution in [-0.2, 0) is 0 Å². The first kappa shape index (κ1) is 10.3. The number of nitrogen functional groups attached to an aromatic ring is 1. The largest absolute Gasteiger partial charge is 0.454 e. The van der Waals surface area contributed by atoms with Crippen LogP contribution in [0.15, 0.2) is 36.4 Å². The molecule has 86 valence electrons. The molecular weight excluding hydrogens is 238 g/mol. The van der Waals surface area contributed by atoms with Crippen LogP contribution in [0.2, 0.25) is 5.02 Å². The predicted octanol–water partition coefficient (Wildman–Crippen LogP) is 3.32. The monoisotopic (exact) mass is 247 g/mol. The van der Waals surface area contributed by atoms with Gasteiger partial charge < -0.3 is 15.2 Å². The average molecular weight is 248 g/mol. The van der Waals surface area contributed by atoms with Gasteiger partial charge >= 0.3 is 0 Å². The van der Waals surface area contributed by atoms with E-state index in [-0.39, 0.29) is 6.79 Å². The first-order valence-electron chi connectivity index (χ1n) is 5.19. The van der Waals surface area contributed by atoms with E-state index in [0.717, 1.165) is 22.6 Å². The Kier molecular flexibility index (Phi) is 2.34. The van der Waals surface area contributed by atoms with Crippen molar-refractivity contribution < 1.29 is 9.47 Å². The lowest BCUT2D eigenvalue weighted by atomic mass is 10.0. The molecule has 2 N–H and O–H groups in total. The minimum atomic E-state index is 0.272. The van der Waals surface area contributed by atoms with Gasteiger partial charge in [-0.25, -0.2) is 0 Å². The highest BCUT2D eigenvalue weighted by atomic mass is 35.5. The van der Waals surface area contributed by atoms with Crippen LogP contribution in [0.1, 0.15) is 0 Å².